The fraction of sp³-hybridized carbons (Fsp3) is 0.250. The van der Waals surface area contributed by atoms with Gasteiger partial charge in [-0.15, -0.1) is 0 Å². The minimum absolute atomic E-state index is 0.0141. The summed E-state index contributed by atoms with van der Waals surface area (Å²) >= 11 is 0. The molecule has 0 saturated carbocycles. The lowest BCUT2D eigenvalue weighted by molar-refractivity contribution is -0.119. The van der Waals surface area contributed by atoms with Crippen molar-refractivity contribution >= 4 is 34.8 Å². The van der Waals surface area contributed by atoms with Crippen LogP contribution in [0.5, 0.6) is 0 Å². The van der Waals surface area contributed by atoms with Crippen LogP contribution in [0.15, 0.2) is 42.5 Å². The molecule has 8 heteroatoms. The minimum atomic E-state index is -0.704. The lowest BCUT2D eigenvalue weighted by atomic mass is 10.1. The molecule has 1 saturated heterocycles. The van der Waals surface area contributed by atoms with Crippen LogP contribution >= 0.6 is 0 Å². The molecule has 0 aliphatic carbocycles. The molecule has 2 aromatic carbocycles. The third-order valence-corrected chi connectivity index (χ3v) is 4.84. The number of nitrogens with zero attached hydrogens (tertiary/aromatic N) is 1. The molecule has 28 heavy (non-hydrogen) atoms. The number of nitrogens with one attached hydrogen (secondary N) is 2. The Balaban J connectivity index is 1.40. The van der Waals surface area contributed by atoms with Gasteiger partial charge in [0, 0.05) is 6.54 Å². The summed E-state index contributed by atoms with van der Waals surface area (Å²) in [4.78, 5) is 38.4. The summed E-state index contributed by atoms with van der Waals surface area (Å²) in [6.45, 7) is 0.246. The van der Waals surface area contributed by atoms with E-state index < -0.39 is 24.3 Å². The maximum absolute atomic E-state index is 13.5. The third kappa shape index (κ3) is 3.40. The number of hydrogen-bond acceptors (Lipinski definition) is 5. The van der Waals surface area contributed by atoms with Gasteiger partial charge in [0.1, 0.15) is 11.9 Å². The van der Waals surface area contributed by atoms with Crippen LogP contribution in [-0.2, 0) is 14.3 Å². The standard InChI is InChI=1S/C20H18FN3O4/c21-13-4-1-2-5-14(13)22-18(25)11-28-20(27)12-7-8-16-15(10-12)23-19(26)17-6-3-9-24(16)17/h1-2,4-5,7-8,10,17H,3,6,9,11H2,(H,22,25)(H,23,26)/t17-/m0/s1. The van der Waals surface area contributed by atoms with E-state index in [1.54, 1.807) is 24.3 Å². The monoisotopic (exact) mass is 383 g/mol. The normalized spacial score (nSPS) is 17.4. The molecule has 0 aromatic heterocycles. The van der Waals surface area contributed by atoms with Gasteiger partial charge < -0.3 is 20.3 Å². The Morgan fingerprint density at radius 2 is 2.07 bits per heavy atom. The van der Waals surface area contributed by atoms with E-state index in [1.165, 1.54) is 18.2 Å². The quantitative estimate of drug-likeness (QED) is 0.793. The number of rotatable bonds is 4. The van der Waals surface area contributed by atoms with Gasteiger partial charge in [-0.1, -0.05) is 12.1 Å². The zero-order valence-electron chi connectivity index (χ0n) is 14.9. The van der Waals surface area contributed by atoms with Crippen molar-refractivity contribution < 1.29 is 23.5 Å². The molecule has 144 valence electrons. The first kappa shape index (κ1) is 18.0. The van der Waals surface area contributed by atoms with E-state index in [0.717, 1.165) is 25.1 Å². The number of hydrogen-bond donors (Lipinski definition) is 2. The Morgan fingerprint density at radius 3 is 2.89 bits per heavy atom. The van der Waals surface area contributed by atoms with Crippen molar-refractivity contribution in [2.24, 2.45) is 0 Å². The van der Waals surface area contributed by atoms with Gasteiger partial charge in [-0.25, -0.2) is 9.18 Å². The molecule has 4 rings (SSSR count). The molecule has 0 bridgehead atoms. The van der Waals surface area contributed by atoms with Gasteiger partial charge in [0.2, 0.25) is 5.91 Å². The highest BCUT2D eigenvalue weighted by Crippen LogP contribution is 2.37. The van der Waals surface area contributed by atoms with Crippen LogP contribution in [0.3, 0.4) is 0 Å². The highest BCUT2D eigenvalue weighted by molar-refractivity contribution is 6.05. The molecule has 1 fully saturated rings. The smallest absolute Gasteiger partial charge is 0.338 e. The summed E-state index contributed by atoms with van der Waals surface area (Å²) < 4.78 is 18.5. The van der Waals surface area contributed by atoms with Crippen LogP contribution in [0.4, 0.5) is 21.5 Å². The van der Waals surface area contributed by atoms with Gasteiger partial charge in [0.25, 0.3) is 5.91 Å². The number of benzene rings is 2. The third-order valence-electron chi connectivity index (χ3n) is 4.84. The van der Waals surface area contributed by atoms with Crippen molar-refractivity contribution in [1.29, 1.82) is 0 Å². The number of amides is 2. The number of carbonyl (C=O) groups excluding carboxylic acids is 3. The largest absolute Gasteiger partial charge is 0.452 e. The molecular formula is C20H18FN3O4. The van der Waals surface area contributed by atoms with Crippen LogP contribution in [0.2, 0.25) is 0 Å². The Labute approximate surface area is 160 Å². The second-order valence-corrected chi connectivity index (χ2v) is 6.68. The van der Waals surface area contributed by atoms with Crippen molar-refractivity contribution in [2.45, 2.75) is 18.9 Å². The molecule has 2 aromatic rings. The van der Waals surface area contributed by atoms with Gasteiger partial charge in [-0.3, -0.25) is 9.59 Å². The van der Waals surface area contributed by atoms with Gasteiger partial charge in [-0.05, 0) is 43.2 Å². The summed E-state index contributed by atoms with van der Waals surface area (Å²) in [5, 5.41) is 5.16. The summed E-state index contributed by atoms with van der Waals surface area (Å²) in [5.74, 6) is -2.01. The predicted molar refractivity (Wildman–Crippen MR) is 101 cm³/mol. The van der Waals surface area contributed by atoms with Crippen molar-refractivity contribution in [1.82, 2.24) is 0 Å². The van der Waals surface area contributed by atoms with Gasteiger partial charge in [-0.2, -0.15) is 0 Å². The first-order valence-corrected chi connectivity index (χ1v) is 8.96. The Hall–Kier alpha value is -3.42. The van der Waals surface area contributed by atoms with Crippen molar-refractivity contribution in [3.8, 4) is 0 Å². The molecule has 0 spiro atoms. The van der Waals surface area contributed by atoms with Crippen LogP contribution in [-0.4, -0.2) is 37.0 Å². The molecule has 7 nitrogen and oxygen atoms in total. The fourth-order valence-electron chi connectivity index (χ4n) is 3.52. The second kappa shape index (κ2) is 7.30. The molecule has 2 heterocycles. The number of carbonyl (C=O) groups is 3. The molecular weight excluding hydrogens is 365 g/mol. The summed E-state index contributed by atoms with van der Waals surface area (Å²) in [5.41, 5.74) is 1.65. The summed E-state index contributed by atoms with van der Waals surface area (Å²) in [7, 11) is 0. The van der Waals surface area contributed by atoms with Crippen molar-refractivity contribution in [2.75, 3.05) is 28.7 Å². The molecule has 0 radical (unpaired) electrons. The van der Waals surface area contributed by atoms with Crippen LogP contribution < -0.4 is 15.5 Å². The topological polar surface area (TPSA) is 87.7 Å². The SMILES string of the molecule is O=C(COC(=O)c1ccc2c(c1)NC(=O)[C@@H]1CCCN21)Nc1ccccc1F. The summed E-state index contributed by atoms with van der Waals surface area (Å²) in [6, 6.07) is 10.5. The Bertz CT molecular complexity index is 962. The zero-order valence-corrected chi connectivity index (χ0v) is 14.9. The van der Waals surface area contributed by atoms with Crippen LogP contribution in [0.25, 0.3) is 0 Å². The Kier molecular flexibility index (Phi) is 4.68. The van der Waals surface area contributed by atoms with E-state index in [-0.39, 0.29) is 23.2 Å². The fourth-order valence-corrected chi connectivity index (χ4v) is 3.52. The lowest BCUT2D eigenvalue weighted by Crippen LogP contribution is -2.43. The van der Waals surface area contributed by atoms with E-state index in [1.807, 2.05) is 4.90 Å². The minimum Gasteiger partial charge on any atom is -0.452 e. The number of esters is 1. The highest BCUT2D eigenvalue weighted by atomic mass is 19.1. The predicted octanol–water partition coefficient (Wildman–Crippen LogP) is 2.54. The second-order valence-electron chi connectivity index (χ2n) is 6.68. The van der Waals surface area contributed by atoms with Crippen molar-refractivity contribution in [3.63, 3.8) is 0 Å². The number of ether oxygens (including phenoxy) is 1. The first-order valence-electron chi connectivity index (χ1n) is 8.96. The highest BCUT2D eigenvalue weighted by Gasteiger charge is 2.36. The number of para-hydroxylation sites is 1. The van der Waals surface area contributed by atoms with E-state index in [0.29, 0.717) is 5.69 Å². The van der Waals surface area contributed by atoms with Crippen LogP contribution in [0, 0.1) is 5.82 Å². The van der Waals surface area contributed by atoms with Gasteiger partial charge in [0.15, 0.2) is 6.61 Å². The summed E-state index contributed by atoms with van der Waals surface area (Å²) in [6.07, 6.45) is 1.75. The van der Waals surface area contributed by atoms with Gasteiger partial charge in [0.05, 0.1) is 22.6 Å². The van der Waals surface area contributed by atoms with E-state index in [2.05, 4.69) is 10.6 Å². The molecule has 2 amide bonds. The van der Waals surface area contributed by atoms with Crippen LogP contribution in [0.1, 0.15) is 23.2 Å². The first-order chi connectivity index (χ1) is 13.5. The zero-order chi connectivity index (χ0) is 19.7. The Morgan fingerprint density at radius 1 is 1.25 bits per heavy atom. The molecule has 2 aliphatic heterocycles. The molecule has 2 aliphatic rings. The maximum Gasteiger partial charge on any atom is 0.338 e. The average Bonchev–Trinajstić information content (AvgIpc) is 3.18. The lowest BCUT2D eigenvalue weighted by Gasteiger charge is -2.33. The average molecular weight is 383 g/mol. The van der Waals surface area contributed by atoms with Gasteiger partial charge >= 0.3 is 5.97 Å². The number of anilines is 3. The molecule has 2 N–H and O–H groups in total. The van der Waals surface area contributed by atoms with E-state index in [4.69, 9.17) is 4.74 Å². The number of halogens is 1. The van der Waals surface area contributed by atoms with E-state index >= 15 is 0 Å². The van der Waals surface area contributed by atoms with Crippen molar-refractivity contribution in [3.05, 3.63) is 53.8 Å². The van der Waals surface area contributed by atoms with E-state index in [9.17, 15) is 18.8 Å². The maximum atomic E-state index is 13.5. The number of fused-ring (bicyclic) bond motifs is 3. The molecule has 1 atom stereocenters. The molecule has 0 unspecified atom stereocenters.